The molecule has 1 heterocycles. The molecule has 0 saturated heterocycles. The van der Waals surface area contributed by atoms with E-state index >= 15 is 0 Å². The van der Waals surface area contributed by atoms with Gasteiger partial charge < -0.3 is 10.0 Å². The average Bonchev–Trinajstić information content (AvgIpc) is 2.89. The number of hydrogen-bond donors (Lipinski definition) is 1. The molecule has 0 saturated carbocycles. The molecule has 21 heavy (non-hydrogen) atoms. The van der Waals surface area contributed by atoms with Crippen molar-refractivity contribution in [2.75, 3.05) is 26.2 Å². The highest BCUT2D eigenvalue weighted by atomic mass is 79.9. The molecule has 1 aliphatic heterocycles. The number of aliphatic hydroxyl groups excluding tert-OH is 1. The summed E-state index contributed by atoms with van der Waals surface area (Å²) in [5.41, 5.74) is 0. The number of rotatable bonds is 13. The Morgan fingerprint density at radius 3 is 2.10 bits per heavy atom. The molecular formula is C17H35BrN2O. The van der Waals surface area contributed by atoms with Gasteiger partial charge in [0.15, 0.2) is 0 Å². The van der Waals surface area contributed by atoms with Crippen molar-refractivity contribution in [3.8, 4) is 0 Å². The van der Waals surface area contributed by atoms with Gasteiger partial charge in [0.25, 0.3) is 0 Å². The summed E-state index contributed by atoms with van der Waals surface area (Å²) >= 11 is 0. The number of β-amino-alcohol motifs (C(OH)–C–C–N with tert-alkyl or cyclic N) is 1. The predicted octanol–water partition coefficient (Wildman–Crippen LogP) is 4.58. The van der Waals surface area contributed by atoms with Crippen LogP contribution in [0.25, 0.3) is 0 Å². The van der Waals surface area contributed by atoms with E-state index in [1.54, 1.807) is 0 Å². The van der Waals surface area contributed by atoms with Gasteiger partial charge in [0.2, 0.25) is 0 Å². The molecule has 1 rings (SSSR count). The lowest BCUT2D eigenvalue weighted by Crippen LogP contribution is -2.30. The van der Waals surface area contributed by atoms with E-state index in [1.807, 2.05) is 0 Å². The van der Waals surface area contributed by atoms with E-state index in [0.717, 1.165) is 26.1 Å². The van der Waals surface area contributed by atoms with Gasteiger partial charge in [-0.05, 0) is 6.42 Å². The van der Waals surface area contributed by atoms with Gasteiger partial charge >= 0.3 is 0 Å². The minimum Gasteiger partial charge on any atom is -0.395 e. The molecular weight excluding hydrogens is 328 g/mol. The first-order valence-electron chi connectivity index (χ1n) is 8.77. The van der Waals surface area contributed by atoms with Crippen molar-refractivity contribution in [1.82, 2.24) is 4.90 Å². The number of hydrogen-bond acceptors (Lipinski definition) is 3. The van der Waals surface area contributed by atoms with E-state index in [-0.39, 0.29) is 23.6 Å². The van der Waals surface area contributed by atoms with Crippen LogP contribution in [0.15, 0.2) is 4.99 Å². The first-order chi connectivity index (χ1) is 9.88. The summed E-state index contributed by atoms with van der Waals surface area (Å²) in [4.78, 5) is 6.79. The summed E-state index contributed by atoms with van der Waals surface area (Å²) in [6, 6.07) is 0. The number of unbranched alkanes of at least 4 members (excludes halogenated alkanes) is 9. The van der Waals surface area contributed by atoms with Gasteiger partial charge in [0.1, 0.15) is 0 Å². The Bertz CT molecular complexity index is 259. The van der Waals surface area contributed by atoms with Crippen LogP contribution in [0.3, 0.4) is 0 Å². The lowest BCUT2D eigenvalue weighted by Gasteiger charge is -2.18. The van der Waals surface area contributed by atoms with Gasteiger partial charge in [-0.15, -0.1) is 17.0 Å². The third-order valence-corrected chi connectivity index (χ3v) is 4.15. The van der Waals surface area contributed by atoms with Crippen molar-refractivity contribution in [3.05, 3.63) is 0 Å². The highest BCUT2D eigenvalue weighted by Gasteiger charge is 2.14. The maximum atomic E-state index is 8.99. The Balaban J connectivity index is 0.00000400. The van der Waals surface area contributed by atoms with Crippen molar-refractivity contribution in [2.24, 2.45) is 4.99 Å². The lowest BCUT2D eigenvalue weighted by molar-refractivity contribution is 0.255. The molecule has 0 aliphatic carbocycles. The van der Waals surface area contributed by atoms with Crippen molar-refractivity contribution in [1.29, 1.82) is 0 Å². The molecule has 0 aromatic rings. The van der Waals surface area contributed by atoms with Gasteiger partial charge in [-0.1, -0.05) is 64.7 Å². The molecule has 3 nitrogen and oxygen atoms in total. The van der Waals surface area contributed by atoms with Crippen molar-refractivity contribution < 1.29 is 5.11 Å². The van der Waals surface area contributed by atoms with Crippen LogP contribution < -0.4 is 0 Å². The molecule has 0 amide bonds. The third-order valence-electron chi connectivity index (χ3n) is 4.15. The fourth-order valence-corrected chi connectivity index (χ4v) is 2.90. The van der Waals surface area contributed by atoms with E-state index in [4.69, 9.17) is 5.11 Å². The molecule has 1 aliphatic rings. The molecule has 0 unspecified atom stereocenters. The molecule has 0 atom stereocenters. The van der Waals surface area contributed by atoms with Gasteiger partial charge in [-0.3, -0.25) is 4.99 Å². The standard InChI is InChI=1S/C17H34N2O.BrH/c1-2-3-4-5-6-7-8-9-10-11-12-17-18-13-14-19(17)15-16-20;/h20H,2-16H2,1H3;1H. The van der Waals surface area contributed by atoms with Crippen LogP contribution in [-0.4, -0.2) is 42.1 Å². The highest BCUT2D eigenvalue weighted by Crippen LogP contribution is 2.13. The number of halogens is 1. The second kappa shape index (κ2) is 14.8. The van der Waals surface area contributed by atoms with Crippen LogP contribution >= 0.6 is 17.0 Å². The minimum atomic E-state index is 0. The summed E-state index contributed by atoms with van der Waals surface area (Å²) in [6.07, 6.45) is 14.9. The summed E-state index contributed by atoms with van der Waals surface area (Å²) in [7, 11) is 0. The normalized spacial score (nSPS) is 14.2. The van der Waals surface area contributed by atoms with Crippen LogP contribution in [0.5, 0.6) is 0 Å². The van der Waals surface area contributed by atoms with Crippen LogP contribution in [-0.2, 0) is 0 Å². The Morgan fingerprint density at radius 2 is 1.52 bits per heavy atom. The maximum absolute atomic E-state index is 8.99. The van der Waals surface area contributed by atoms with E-state index in [0.29, 0.717) is 0 Å². The Hall–Kier alpha value is -0.0900. The van der Waals surface area contributed by atoms with Crippen molar-refractivity contribution in [2.45, 2.75) is 77.6 Å². The van der Waals surface area contributed by atoms with Crippen LogP contribution in [0.2, 0.25) is 0 Å². The van der Waals surface area contributed by atoms with Crippen LogP contribution in [0.4, 0.5) is 0 Å². The number of amidine groups is 1. The van der Waals surface area contributed by atoms with Crippen LogP contribution in [0.1, 0.15) is 77.6 Å². The molecule has 0 aromatic heterocycles. The highest BCUT2D eigenvalue weighted by molar-refractivity contribution is 8.93. The quantitative estimate of drug-likeness (QED) is 0.486. The van der Waals surface area contributed by atoms with Crippen LogP contribution in [0, 0.1) is 0 Å². The van der Waals surface area contributed by atoms with Gasteiger partial charge in [-0.25, -0.2) is 0 Å². The molecule has 0 radical (unpaired) electrons. The monoisotopic (exact) mass is 362 g/mol. The fraction of sp³-hybridized carbons (Fsp3) is 0.941. The molecule has 0 fully saturated rings. The molecule has 126 valence electrons. The third kappa shape index (κ3) is 10.3. The molecule has 0 bridgehead atoms. The van der Waals surface area contributed by atoms with Gasteiger partial charge in [-0.2, -0.15) is 0 Å². The fourth-order valence-electron chi connectivity index (χ4n) is 2.90. The number of aliphatic imine (C=N–C) groups is 1. The summed E-state index contributed by atoms with van der Waals surface area (Å²) in [5.74, 6) is 1.23. The first-order valence-corrected chi connectivity index (χ1v) is 8.77. The van der Waals surface area contributed by atoms with Gasteiger partial charge in [0.05, 0.1) is 19.0 Å². The predicted molar refractivity (Wildman–Crippen MR) is 97.7 cm³/mol. The summed E-state index contributed by atoms with van der Waals surface area (Å²) in [6.45, 7) is 5.21. The second-order valence-electron chi connectivity index (χ2n) is 5.94. The second-order valence-corrected chi connectivity index (χ2v) is 5.94. The number of nitrogens with zero attached hydrogens (tertiary/aromatic N) is 2. The Kier molecular flexibility index (Phi) is 14.8. The van der Waals surface area contributed by atoms with E-state index in [2.05, 4.69) is 16.8 Å². The molecule has 0 aromatic carbocycles. The summed E-state index contributed by atoms with van der Waals surface area (Å²) in [5, 5.41) is 8.99. The van der Waals surface area contributed by atoms with E-state index < -0.39 is 0 Å². The molecule has 4 heteroatoms. The maximum Gasteiger partial charge on any atom is 0.0991 e. The average molecular weight is 363 g/mol. The number of aliphatic hydroxyl groups is 1. The summed E-state index contributed by atoms with van der Waals surface area (Å²) < 4.78 is 0. The largest absolute Gasteiger partial charge is 0.395 e. The van der Waals surface area contributed by atoms with Crippen molar-refractivity contribution >= 4 is 22.8 Å². The Labute approximate surface area is 142 Å². The zero-order chi connectivity index (χ0) is 14.5. The first kappa shape index (κ1) is 20.9. The lowest BCUT2D eigenvalue weighted by atomic mass is 10.1. The molecule has 1 N–H and O–H groups in total. The minimum absolute atomic E-state index is 0. The topological polar surface area (TPSA) is 35.8 Å². The zero-order valence-electron chi connectivity index (χ0n) is 13.9. The van der Waals surface area contributed by atoms with E-state index in [9.17, 15) is 0 Å². The van der Waals surface area contributed by atoms with E-state index in [1.165, 1.54) is 70.0 Å². The molecule has 0 spiro atoms. The SMILES string of the molecule is Br.CCCCCCCCCCCCC1=NCCN1CCO. The Morgan fingerprint density at radius 1 is 0.952 bits per heavy atom. The zero-order valence-corrected chi connectivity index (χ0v) is 15.6. The van der Waals surface area contributed by atoms with Crippen molar-refractivity contribution in [3.63, 3.8) is 0 Å². The van der Waals surface area contributed by atoms with Gasteiger partial charge in [0, 0.05) is 19.5 Å². The smallest absolute Gasteiger partial charge is 0.0991 e.